The first-order valence-corrected chi connectivity index (χ1v) is 6.46. The summed E-state index contributed by atoms with van der Waals surface area (Å²) >= 11 is 3.81. The van der Waals surface area contributed by atoms with Gasteiger partial charge in [-0.15, -0.1) is 0 Å². The fraction of sp³-hybridized carbons (Fsp3) is 0.700. The molecule has 0 heterocycles. The van der Waals surface area contributed by atoms with Crippen LogP contribution < -0.4 is 22.5 Å². The molecule has 10 heteroatoms. The Morgan fingerprint density at radius 2 is 1.50 bits per heavy atom. The average molecular weight is 310 g/mol. The molecule has 0 aromatic heterocycles. The number of hydrogen-bond acceptors (Lipinski definition) is 6. The number of carboxylic acids is 2. The van der Waals surface area contributed by atoms with Gasteiger partial charge in [-0.25, -0.2) is 4.79 Å². The molecule has 0 saturated carbocycles. The molecule has 0 rings (SSSR count). The van der Waals surface area contributed by atoms with Gasteiger partial charge in [0.15, 0.2) is 0 Å². The van der Waals surface area contributed by atoms with Gasteiger partial charge in [0.05, 0.1) is 0 Å². The zero-order valence-electron chi connectivity index (χ0n) is 11.0. The van der Waals surface area contributed by atoms with E-state index < -0.39 is 30.1 Å². The molecular weight excluding hydrogens is 288 g/mol. The van der Waals surface area contributed by atoms with Gasteiger partial charge in [0.25, 0.3) is 0 Å². The second-order valence-corrected chi connectivity index (χ2v) is 4.28. The first-order chi connectivity index (χ1) is 9.22. The lowest BCUT2D eigenvalue weighted by Gasteiger charge is -2.05. The second-order valence-electron chi connectivity index (χ2n) is 3.83. The predicted molar refractivity (Wildman–Crippen MR) is 76.5 cm³/mol. The van der Waals surface area contributed by atoms with Crippen molar-refractivity contribution < 1.29 is 24.6 Å². The Hall–Kier alpha value is -1.52. The maximum absolute atomic E-state index is 10.2. The summed E-state index contributed by atoms with van der Waals surface area (Å²) in [6.45, 7) is 0.357. The SMILES string of the molecule is NC(=O)NCCC[C@H](N)C(=O)O.N[C@@H](CCS)C(=O)O. The van der Waals surface area contributed by atoms with Crippen LogP contribution in [0.3, 0.4) is 0 Å². The fourth-order valence-electron chi connectivity index (χ4n) is 0.920. The van der Waals surface area contributed by atoms with E-state index in [1.54, 1.807) is 0 Å². The molecular formula is C10H22N4O5S. The highest BCUT2D eigenvalue weighted by Gasteiger charge is 2.10. The van der Waals surface area contributed by atoms with Gasteiger partial charge < -0.3 is 32.7 Å². The second kappa shape index (κ2) is 12.5. The normalized spacial score (nSPS) is 12.6. The third-order valence-electron chi connectivity index (χ3n) is 2.07. The van der Waals surface area contributed by atoms with E-state index in [4.69, 9.17) is 27.4 Å². The molecule has 0 fully saturated rings. The summed E-state index contributed by atoms with van der Waals surface area (Å²) in [5.41, 5.74) is 15.0. The van der Waals surface area contributed by atoms with E-state index in [0.29, 0.717) is 31.6 Å². The Kier molecular flexibility index (Phi) is 13.0. The van der Waals surface area contributed by atoms with Gasteiger partial charge in [-0.3, -0.25) is 9.59 Å². The molecule has 9 nitrogen and oxygen atoms in total. The third-order valence-corrected chi connectivity index (χ3v) is 2.32. The number of carboxylic acid groups (broad SMARTS) is 2. The number of nitrogens with two attached hydrogens (primary N) is 3. The maximum Gasteiger partial charge on any atom is 0.320 e. The zero-order valence-corrected chi connectivity index (χ0v) is 11.9. The number of amides is 2. The van der Waals surface area contributed by atoms with Gasteiger partial charge in [-0.1, -0.05) is 0 Å². The van der Waals surface area contributed by atoms with Gasteiger partial charge in [-0.05, 0) is 25.0 Å². The molecule has 0 aliphatic heterocycles. The van der Waals surface area contributed by atoms with E-state index in [2.05, 4.69) is 17.9 Å². The maximum atomic E-state index is 10.2. The van der Waals surface area contributed by atoms with Gasteiger partial charge in [0.2, 0.25) is 0 Å². The smallest absolute Gasteiger partial charge is 0.320 e. The number of hydrogen-bond donors (Lipinski definition) is 7. The largest absolute Gasteiger partial charge is 0.480 e. The number of carbonyl (C=O) groups excluding carboxylic acids is 1. The number of thiol groups is 1. The zero-order chi connectivity index (χ0) is 16.1. The predicted octanol–water partition coefficient (Wildman–Crippen LogP) is -1.43. The molecule has 118 valence electrons. The van der Waals surface area contributed by atoms with Crippen molar-refractivity contribution in [2.24, 2.45) is 17.2 Å². The van der Waals surface area contributed by atoms with Crippen LogP contribution in [-0.2, 0) is 9.59 Å². The summed E-state index contributed by atoms with van der Waals surface area (Å²) in [6.07, 6.45) is 1.27. The topological polar surface area (TPSA) is 182 Å². The highest BCUT2D eigenvalue weighted by Crippen LogP contribution is 1.92. The summed E-state index contributed by atoms with van der Waals surface area (Å²) in [6, 6.07) is -2.22. The Balaban J connectivity index is 0. The van der Waals surface area contributed by atoms with Crippen LogP contribution >= 0.6 is 12.6 Å². The molecule has 0 bridgehead atoms. The molecule has 20 heavy (non-hydrogen) atoms. The molecule has 0 aliphatic rings. The van der Waals surface area contributed by atoms with Crippen molar-refractivity contribution in [2.45, 2.75) is 31.3 Å². The molecule has 0 aromatic carbocycles. The molecule has 0 spiro atoms. The van der Waals surface area contributed by atoms with Crippen molar-refractivity contribution >= 4 is 30.6 Å². The summed E-state index contributed by atoms with van der Waals surface area (Å²) in [5.74, 6) is -1.47. The minimum atomic E-state index is -1.03. The third kappa shape index (κ3) is 14.5. The van der Waals surface area contributed by atoms with Gasteiger partial charge in [0.1, 0.15) is 12.1 Å². The van der Waals surface area contributed by atoms with Gasteiger partial charge in [-0.2, -0.15) is 12.6 Å². The van der Waals surface area contributed by atoms with E-state index in [1.807, 2.05) is 0 Å². The van der Waals surface area contributed by atoms with Crippen molar-refractivity contribution in [3.05, 3.63) is 0 Å². The minimum Gasteiger partial charge on any atom is -0.480 e. The number of carbonyl (C=O) groups is 3. The van der Waals surface area contributed by atoms with E-state index >= 15 is 0 Å². The van der Waals surface area contributed by atoms with Crippen molar-refractivity contribution in [1.29, 1.82) is 0 Å². The van der Waals surface area contributed by atoms with Crippen LogP contribution in [0.5, 0.6) is 0 Å². The molecule has 0 radical (unpaired) electrons. The number of nitrogens with one attached hydrogen (secondary N) is 1. The monoisotopic (exact) mass is 310 g/mol. The van der Waals surface area contributed by atoms with Crippen LogP contribution in [0.4, 0.5) is 4.79 Å². The molecule has 0 aliphatic carbocycles. The Morgan fingerprint density at radius 3 is 1.80 bits per heavy atom. The average Bonchev–Trinajstić information content (AvgIpc) is 2.34. The Bertz CT molecular complexity index is 316. The van der Waals surface area contributed by atoms with Gasteiger partial charge >= 0.3 is 18.0 Å². The van der Waals surface area contributed by atoms with Crippen LogP contribution in [0.15, 0.2) is 0 Å². The molecule has 2 atom stereocenters. The first-order valence-electron chi connectivity index (χ1n) is 5.83. The van der Waals surface area contributed by atoms with E-state index in [9.17, 15) is 14.4 Å². The molecule has 0 saturated heterocycles. The minimum absolute atomic E-state index is 0.329. The van der Waals surface area contributed by atoms with Crippen LogP contribution in [-0.4, -0.2) is 52.6 Å². The molecule has 2 amide bonds. The highest BCUT2D eigenvalue weighted by molar-refractivity contribution is 7.80. The fourth-order valence-corrected chi connectivity index (χ4v) is 1.20. The lowest BCUT2D eigenvalue weighted by Crippen LogP contribution is -2.33. The summed E-state index contributed by atoms with van der Waals surface area (Å²) < 4.78 is 0. The van der Waals surface area contributed by atoms with Crippen molar-refractivity contribution in [2.75, 3.05) is 12.3 Å². The van der Waals surface area contributed by atoms with Crippen LogP contribution in [0, 0.1) is 0 Å². The highest BCUT2D eigenvalue weighted by atomic mass is 32.1. The van der Waals surface area contributed by atoms with Crippen molar-refractivity contribution in [1.82, 2.24) is 5.32 Å². The van der Waals surface area contributed by atoms with Crippen molar-refractivity contribution in [3.63, 3.8) is 0 Å². The summed E-state index contributed by atoms with van der Waals surface area (Å²) in [5, 5.41) is 18.8. The van der Waals surface area contributed by atoms with Crippen LogP contribution in [0.2, 0.25) is 0 Å². The van der Waals surface area contributed by atoms with Crippen LogP contribution in [0.1, 0.15) is 19.3 Å². The first kappa shape index (κ1) is 20.8. The standard InChI is InChI=1S/C6H13N3O3.C4H9NO2S/c7-4(5(10)11)2-1-3-9-6(8)12;5-3(1-2-8)4(6)7/h4H,1-3,7H2,(H,10,11)(H3,8,9,12);3,8H,1-2,5H2,(H,6,7)/t4-;3-/m00/s1. The summed E-state index contributed by atoms with van der Waals surface area (Å²) in [7, 11) is 0. The quantitative estimate of drug-likeness (QED) is 0.212. The number of aliphatic carboxylic acids is 2. The van der Waals surface area contributed by atoms with E-state index in [0.717, 1.165) is 0 Å². The Morgan fingerprint density at radius 1 is 1.05 bits per heavy atom. The van der Waals surface area contributed by atoms with E-state index in [1.165, 1.54) is 0 Å². The van der Waals surface area contributed by atoms with E-state index in [-0.39, 0.29) is 0 Å². The lowest BCUT2D eigenvalue weighted by molar-refractivity contribution is -0.139. The summed E-state index contributed by atoms with van der Waals surface area (Å²) in [4.78, 5) is 30.3. The van der Waals surface area contributed by atoms with Crippen molar-refractivity contribution in [3.8, 4) is 0 Å². The Labute approximate surface area is 122 Å². The molecule has 0 aromatic rings. The van der Waals surface area contributed by atoms with Crippen LogP contribution in [0.25, 0.3) is 0 Å². The number of urea groups is 1. The number of rotatable bonds is 8. The number of primary amides is 1. The lowest BCUT2D eigenvalue weighted by atomic mass is 10.2. The molecule has 0 unspecified atom stereocenters. The molecule has 9 N–H and O–H groups in total. The van der Waals surface area contributed by atoms with Gasteiger partial charge in [0, 0.05) is 6.54 Å².